The molecule has 47 heavy (non-hydrogen) atoms. The Bertz CT molecular complexity index is 1020. The number of carbonyl (C=O) groups excluding carboxylic acids is 1. The molecule has 0 aromatic heterocycles. The van der Waals surface area contributed by atoms with Crippen molar-refractivity contribution in [3.05, 3.63) is 36.0 Å². The Labute approximate surface area is 292 Å². The number of unbranched alkanes of at least 4 members (excludes halogenated alkanes) is 8. The van der Waals surface area contributed by atoms with Gasteiger partial charge in [-0.05, 0) is 130 Å². The van der Waals surface area contributed by atoms with Crippen molar-refractivity contribution in [1.29, 1.82) is 0 Å². The molecule has 0 amide bonds. The monoisotopic (exact) mass is 649 g/mol. The van der Waals surface area contributed by atoms with E-state index in [0.717, 1.165) is 67.6 Å². The van der Waals surface area contributed by atoms with Gasteiger partial charge in [0.05, 0.1) is 0 Å². The molecule has 0 radical (unpaired) electrons. The molecule has 0 aliphatic heterocycles. The summed E-state index contributed by atoms with van der Waals surface area (Å²) in [5.41, 5.74) is 2.52. The van der Waals surface area contributed by atoms with Gasteiger partial charge < -0.3 is 4.74 Å². The van der Waals surface area contributed by atoms with Crippen LogP contribution in [0.15, 0.2) is 36.0 Å². The topological polar surface area (TPSA) is 26.3 Å². The lowest BCUT2D eigenvalue weighted by molar-refractivity contribution is -0.151. The summed E-state index contributed by atoms with van der Waals surface area (Å²) in [6.07, 6.45) is 40.5. The van der Waals surface area contributed by atoms with E-state index in [4.69, 9.17) is 4.74 Å². The van der Waals surface area contributed by atoms with Crippen molar-refractivity contribution in [3.8, 4) is 0 Å². The van der Waals surface area contributed by atoms with Gasteiger partial charge in [-0.2, -0.15) is 0 Å². The minimum Gasteiger partial charge on any atom is -0.462 e. The molecule has 0 spiro atoms. The maximum absolute atomic E-state index is 12.8. The van der Waals surface area contributed by atoms with E-state index in [0.29, 0.717) is 17.3 Å². The van der Waals surface area contributed by atoms with Crippen molar-refractivity contribution < 1.29 is 9.53 Å². The minimum atomic E-state index is 0.0477. The average molecular weight is 649 g/mol. The Morgan fingerprint density at radius 1 is 0.830 bits per heavy atom. The molecular formula is C45H76O2. The first-order chi connectivity index (χ1) is 22.7. The van der Waals surface area contributed by atoms with Gasteiger partial charge in [0.2, 0.25) is 0 Å². The first kappa shape index (κ1) is 38.5. The lowest BCUT2D eigenvalue weighted by atomic mass is 9.47. The third-order valence-corrected chi connectivity index (χ3v) is 13.9. The predicted molar refractivity (Wildman–Crippen MR) is 202 cm³/mol. The van der Waals surface area contributed by atoms with Gasteiger partial charge in [-0.1, -0.05) is 129 Å². The molecule has 0 bridgehead atoms. The summed E-state index contributed by atoms with van der Waals surface area (Å²) in [5.74, 6) is 5.30. The molecular weight excluding hydrogens is 572 g/mol. The van der Waals surface area contributed by atoms with Crippen molar-refractivity contribution in [1.82, 2.24) is 0 Å². The fraction of sp³-hybridized carbons (Fsp3) is 0.844. The standard InChI is InChI=1S/C45H76O2/c1-7-8-9-10-11-12-13-14-15-16-17-18-19-20-21-25-43(46)47-38-30-32-44(5)37(34-38)26-27-39-41-29-28-40(36(4)24-22-23-35(2)3)45(41,6)33-31-42(39)44/h11-12,14-15,26,35-36,38-42H,7-10,13,16-25,27-34H2,1-6H3/t36-,38?,39+,40-,41+,42+,44+,45-/m1/s1. The molecule has 4 aliphatic rings. The van der Waals surface area contributed by atoms with E-state index in [1.54, 1.807) is 5.57 Å². The van der Waals surface area contributed by atoms with Crippen LogP contribution < -0.4 is 0 Å². The highest BCUT2D eigenvalue weighted by atomic mass is 16.5. The highest BCUT2D eigenvalue weighted by molar-refractivity contribution is 5.69. The molecule has 1 unspecified atom stereocenters. The molecule has 0 aromatic rings. The smallest absolute Gasteiger partial charge is 0.306 e. The van der Waals surface area contributed by atoms with Crippen molar-refractivity contribution in [2.45, 2.75) is 195 Å². The zero-order valence-electron chi connectivity index (χ0n) is 32.0. The molecule has 268 valence electrons. The lowest BCUT2D eigenvalue weighted by Crippen LogP contribution is -2.51. The van der Waals surface area contributed by atoms with Crippen LogP contribution in [-0.2, 0) is 9.53 Å². The molecule has 2 nitrogen and oxygen atoms in total. The van der Waals surface area contributed by atoms with Gasteiger partial charge in [-0.3, -0.25) is 4.79 Å². The van der Waals surface area contributed by atoms with Crippen LogP contribution in [0.2, 0.25) is 0 Å². The Balaban J connectivity index is 1.13. The van der Waals surface area contributed by atoms with Gasteiger partial charge in [-0.15, -0.1) is 0 Å². The SMILES string of the molecule is CCCCCC=CCC=CCCCCCCCC(=O)OC1CC[C@@]2(C)C(=CC[C@H]3[C@@H]4CC[C@H]([C@H](C)CCCC(C)C)[C@@]4(C)CC[C@@H]32)C1. The fourth-order valence-electron chi connectivity index (χ4n) is 11.1. The van der Waals surface area contributed by atoms with Gasteiger partial charge in [0, 0.05) is 12.8 Å². The lowest BCUT2D eigenvalue weighted by Gasteiger charge is -2.58. The Kier molecular flexibility index (Phi) is 15.7. The first-order valence-corrected chi connectivity index (χ1v) is 20.9. The number of esters is 1. The maximum Gasteiger partial charge on any atom is 0.306 e. The second kappa shape index (κ2) is 19.2. The second-order valence-corrected chi connectivity index (χ2v) is 17.6. The number of hydrogen-bond donors (Lipinski definition) is 0. The predicted octanol–water partition coefficient (Wildman–Crippen LogP) is 13.8. The Morgan fingerprint density at radius 2 is 1.55 bits per heavy atom. The van der Waals surface area contributed by atoms with E-state index in [1.807, 2.05) is 0 Å². The highest BCUT2D eigenvalue weighted by Gasteiger charge is 2.59. The van der Waals surface area contributed by atoms with Crippen molar-refractivity contribution >= 4 is 5.97 Å². The number of carbonyl (C=O) groups is 1. The number of allylic oxidation sites excluding steroid dienone is 5. The van der Waals surface area contributed by atoms with Gasteiger partial charge in [0.25, 0.3) is 0 Å². The average Bonchev–Trinajstić information content (AvgIpc) is 3.40. The van der Waals surface area contributed by atoms with Crippen LogP contribution in [0, 0.1) is 46.3 Å². The van der Waals surface area contributed by atoms with Crippen LogP contribution in [-0.4, -0.2) is 12.1 Å². The molecule has 0 saturated heterocycles. The van der Waals surface area contributed by atoms with E-state index in [2.05, 4.69) is 71.9 Å². The number of hydrogen-bond acceptors (Lipinski definition) is 2. The quantitative estimate of drug-likeness (QED) is 0.0746. The number of ether oxygens (including phenoxy) is 1. The molecule has 3 saturated carbocycles. The summed E-state index contributed by atoms with van der Waals surface area (Å²) in [6.45, 7) is 14.9. The van der Waals surface area contributed by atoms with E-state index in [9.17, 15) is 4.79 Å². The summed E-state index contributed by atoms with van der Waals surface area (Å²) in [4.78, 5) is 12.8. The zero-order valence-corrected chi connectivity index (χ0v) is 32.0. The van der Waals surface area contributed by atoms with Crippen LogP contribution in [0.4, 0.5) is 0 Å². The van der Waals surface area contributed by atoms with Crippen LogP contribution in [0.3, 0.4) is 0 Å². The zero-order chi connectivity index (χ0) is 33.7. The summed E-state index contributed by atoms with van der Waals surface area (Å²) in [7, 11) is 0. The second-order valence-electron chi connectivity index (χ2n) is 17.6. The molecule has 0 N–H and O–H groups in total. The van der Waals surface area contributed by atoms with Crippen LogP contribution in [0.25, 0.3) is 0 Å². The number of rotatable bonds is 20. The normalized spacial score (nSPS) is 32.7. The first-order valence-electron chi connectivity index (χ1n) is 20.9. The maximum atomic E-state index is 12.8. The van der Waals surface area contributed by atoms with Gasteiger partial charge in [0.1, 0.15) is 6.10 Å². The van der Waals surface area contributed by atoms with E-state index in [1.165, 1.54) is 109 Å². The summed E-state index contributed by atoms with van der Waals surface area (Å²) in [5, 5.41) is 0. The molecule has 0 heterocycles. The van der Waals surface area contributed by atoms with Gasteiger partial charge in [0.15, 0.2) is 0 Å². The highest BCUT2D eigenvalue weighted by Crippen LogP contribution is 2.67. The minimum absolute atomic E-state index is 0.0477. The van der Waals surface area contributed by atoms with Gasteiger partial charge >= 0.3 is 5.97 Å². The van der Waals surface area contributed by atoms with E-state index < -0.39 is 0 Å². The molecule has 8 atom stereocenters. The summed E-state index contributed by atoms with van der Waals surface area (Å²) >= 11 is 0. The fourth-order valence-corrected chi connectivity index (χ4v) is 11.1. The largest absolute Gasteiger partial charge is 0.462 e. The van der Waals surface area contributed by atoms with Crippen LogP contribution >= 0.6 is 0 Å². The third-order valence-electron chi connectivity index (χ3n) is 13.9. The van der Waals surface area contributed by atoms with Crippen LogP contribution in [0.1, 0.15) is 189 Å². The molecule has 3 fully saturated rings. The Hall–Kier alpha value is -1.31. The molecule has 2 heteroatoms. The molecule has 4 aliphatic carbocycles. The number of fused-ring (bicyclic) bond motifs is 5. The Morgan fingerprint density at radius 3 is 2.30 bits per heavy atom. The summed E-state index contributed by atoms with van der Waals surface area (Å²) < 4.78 is 6.12. The van der Waals surface area contributed by atoms with Gasteiger partial charge in [-0.25, -0.2) is 0 Å². The molecule has 0 aromatic carbocycles. The van der Waals surface area contributed by atoms with Crippen molar-refractivity contribution in [2.75, 3.05) is 0 Å². The molecule has 4 rings (SSSR count). The van der Waals surface area contributed by atoms with E-state index in [-0.39, 0.29) is 12.1 Å². The van der Waals surface area contributed by atoms with Crippen molar-refractivity contribution in [3.63, 3.8) is 0 Å². The summed E-state index contributed by atoms with van der Waals surface area (Å²) in [6, 6.07) is 0. The van der Waals surface area contributed by atoms with E-state index >= 15 is 0 Å². The third kappa shape index (κ3) is 10.6. The van der Waals surface area contributed by atoms with Crippen LogP contribution in [0.5, 0.6) is 0 Å². The van der Waals surface area contributed by atoms with Crippen molar-refractivity contribution in [2.24, 2.45) is 46.3 Å².